The fourth-order valence-corrected chi connectivity index (χ4v) is 3.06. The first kappa shape index (κ1) is 20.8. The van der Waals surface area contributed by atoms with E-state index in [1.54, 1.807) is 13.8 Å². The van der Waals surface area contributed by atoms with Crippen LogP contribution in [0.25, 0.3) is 0 Å². The van der Waals surface area contributed by atoms with Crippen molar-refractivity contribution in [3.63, 3.8) is 0 Å². The van der Waals surface area contributed by atoms with Crippen LogP contribution in [0.1, 0.15) is 26.3 Å². The maximum absolute atomic E-state index is 12.4. The second-order valence-electron chi connectivity index (χ2n) is 6.80. The van der Waals surface area contributed by atoms with Crippen LogP contribution in [0.2, 0.25) is 0 Å². The van der Waals surface area contributed by atoms with E-state index in [1.807, 2.05) is 14.1 Å². The van der Waals surface area contributed by atoms with Gasteiger partial charge in [-0.1, -0.05) is 19.1 Å². The molecule has 0 bridgehead atoms. The van der Waals surface area contributed by atoms with Gasteiger partial charge in [0.15, 0.2) is 0 Å². The molecule has 1 aromatic carbocycles. The summed E-state index contributed by atoms with van der Waals surface area (Å²) in [6.07, 6.45) is 0. The Hall–Kier alpha value is -2.54. The van der Waals surface area contributed by atoms with Crippen molar-refractivity contribution < 1.29 is 14.3 Å². The van der Waals surface area contributed by atoms with Crippen molar-refractivity contribution >= 4 is 17.7 Å². The Morgan fingerprint density at radius 3 is 2.37 bits per heavy atom. The molecule has 1 aliphatic rings. The third kappa shape index (κ3) is 5.47. The highest BCUT2D eigenvalue weighted by Gasteiger charge is 2.30. The number of hydrogen-bond acceptors (Lipinski definition) is 5. The van der Waals surface area contributed by atoms with Crippen LogP contribution in [-0.4, -0.2) is 56.7 Å². The maximum Gasteiger partial charge on any atom is 0.337 e. The first-order valence-corrected chi connectivity index (χ1v) is 9.32. The number of anilines is 1. The summed E-state index contributed by atoms with van der Waals surface area (Å²) in [7, 11) is 4.02. The lowest BCUT2D eigenvalue weighted by Gasteiger charge is -2.30. The lowest BCUT2D eigenvalue weighted by atomic mass is 10.0. The van der Waals surface area contributed by atoms with Crippen molar-refractivity contribution in [2.75, 3.05) is 38.7 Å². The second-order valence-corrected chi connectivity index (χ2v) is 6.80. The highest BCUT2D eigenvalue weighted by Crippen LogP contribution is 2.18. The summed E-state index contributed by atoms with van der Waals surface area (Å²) < 4.78 is 5.18. The van der Waals surface area contributed by atoms with Crippen molar-refractivity contribution in [2.24, 2.45) is 0 Å². The first-order valence-electron chi connectivity index (χ1n) is 9.32. The summed E-state index contributed by atoms with van der Waals surface area (Å²) in [5.41, 5.74) is 3.41. The van der Waals surface area contributed by atoms with E-state index in [-0.39, 0.29) is 18.0 Å². The molecule has 2 amide bonds. The van der Waals surface area contributed by atoms with E-state index in [9.17, 15) is 9.59 Å². The van der Waals surface area contributed by atoms with Gasteiger partial charge in [-0.25, -0.2) is 9.59 Å². The molecule has 0 saturated heterocycles. The molecule has 0 radical (unpaired) electrons. The topological polar surface area (TPSA) is 73.9 Å². The quantitative estimate of drug-likeness (QED) is 0.682. The molecule has 0 saturated carbocycles. The van der Waals surface area contributed by atoms with Gasteiger partial charge in [-0.15, -0.1) is 0 Å². The number of nitrogens with zero attached hydrogens (tertiary/aromatic N) is 2. The monoisotopic (exact) mass is 374 g/mol. The zero-order chi connectivity index (χ0) is 20.0. The Bertz CT molecular complexity index is 698. The minimum atomic E-state index is -0.390. The number of nitrogens with one attached hydrogen (secondary N) is 2. The Balaban J connectivity index is 2.19. The summed E-state index contributed by atoms with van der Waals surface area (Å²) in [5, 5.41) is 5.52. The molecule has 0 aromatic heterocycles. The Morgan fingerprint density at radius 1 is 1.15 bits per heavy atom. The lowest BCUT2D eigenvalue weighted by Crippen LogP contribution is -2.51. The summed E-state index contributed by atoms with van der Waals surface area (Å²) in [4.78, 5) is 28.5. The van der Waals surface area contributed by atoms with Crippen LogP contribution in [0, 0.1) is 0 Å². The Labute approximate surface area is 161 Å². The molecule has 0 fully saturated rings. The predicted molar refractivity (Wildman–Crippen MR) is 107 cm³/mol. The highest BCUT2D eigenvalue weighted by molar-refractivity contribution is 5.94. The van der Waals surface area contributed by atoms with Crippen molar-refractivity contribution in [1.82, 2.24) is 15.5 Å². The number of likely N-dealkylation sites (N-methyl/N-ethyl adjacent to an activating group) is 1. The number of esters is 1. The third-order valence-corrected chi connectivity index (χ3v) is 4.55. The molecular weight excluding hydrogens is 344 g/mol. The van der Waals surface area contributed by atoms with Gasteiger partial charge in [-0.3, -0.25) is 4.90 Å². The first-order chi connectivity index (χ1) is 12.8. The normalized spacial score (nSPS) is 16.8. The van der Waals surface area contributed by atoms with E-state index in [1.165, 1.54) is 5.56 Å². The Kier molecular flexibility index (Phi) is 7.24. The third-order valence-electron chi connectivity index (χ3n) is 4.55. The van der Waals surface area contributed by atoms with E-state index >= 15 is 0 Å². The van der Waals surface area contributed by atoms with Gasteiger partial charge in [0, 0.05) is 38.6 Å². The lowest BCUT2D eigenvalue weighted by molar-refractivity contribution is -0.139. The Morgan fingerprint density at radius 2 is 1.81 bits per heavy atom. The van der Waals surface area contributed by atoms with Crippen molar-refractivity contribution in [1.29, 1.82) is 0 Å². The van der Waals surface area contributed by atoms with E-state index in [4.69, 9.17) is 4.74 Å². The van der Waals surface area contributed by atoms with E-state index in [0.29, 0.717) is 24.4 Å². The number of carbonyl (C=O) groups excluding carboxylic acids is 2. The zero-order valence-corrected chi connectivity index (χ0v) is 16.8. The molecule has 1 atom stereocenters. The minimum absolute atomic E-state index is 0.295. The van der Waals surface area contributed by atoms with Crippen LogP contribution in [0.5, 0.6) is 0 Å². The van der Waals surface area contributed by atoms with Gasteiger partial charge in [-0.05, 0) is 38.1 Å². The van der Waals surface area contributed by atoms with E-state index in [0.717, 1.165) is 18.8 Å². The van der Waals surface area contributed by atoms with E-state index in [2.05, 4.69) is 51.6 Å². The van der Waals surface area contributed by atoms with Crippen LogP contribution >= 0.6 is 0 Å². The minimum Gasteiger partial charge on any atom is -0.463 e. The van der Waals surface area contributed by atoms with Gasteiger partial charge in [0.05, 0.1) is 18.2 Å². The van der Waals surface area contributed by atoms with Gasteiger partial charge in [0.2, 0.25) is 0 Å². The average Bonchev–Trinajstić information content (AvgIpc) is 2.61. The van der Waals surface area contributed by atoms with Crippen LogP contribution in [0.15, 0.2) is 35.5 Å². The summed E-state index contributed by atoms with van der Waals surface area (Å²) in [6.45, 7) is 7.90. The van der Waals surface area contributed by atoms with Gasteiger partial charge < -0.3 is 20.3 Å². The number of benzene rings is 1. The van der Waals surface area contributed by atoms with Gasteiger partial charge in [0.25, 0.3) is 0 Å². The van der Waals surface area contributed by atoms with Gasteiger partial charge >= 0.3 is 12.0 Å². The van der Waals surface area contributed by atoms with Crippen LogP contribution in [0.3, 0.4) is 0 Å². The molecule has 1 aliphatic heterocycles. The molecular formula is C20H30N4O3. The summed E-state index contributed by atoms with van der Waals surface area (Å²) in [5.74, 6) is -0.390. The number of amides is 2. The number of hydrogen-bond donors (Lipinski definition) is 2. The van der Waals surface area contributed by atoms with Gasteiger partial charge in [-0.2, -0.15) is 0 Å². The molecule has 148 valence electrons. The van der Waals surface area contributed by atoms with Gasteiger partial charge in [0.1, 0.15) is 0 Å². The number of urea groups is 1. The average molecular weight is 374 g/mol. The SMILES string of the molecule is CCOC(=O)C1=C(CN(CC)Cc2ccc(N(C)C)cc2)NC(=O)N[C@@H]1C. The zero-order valence-electron chi connectivity index (χ0n) is 16.8. The molecule has 0 aliphatic carbocycles. The van der Waals surface area contributed by atoms with E-state index < -0.39 is 0 Å². The molecule has 27 heavy (non-hydrogen) atoms. The predicted octanol–water partition coefficient (Wildman–Crippen LogP) is 2.09. The second kappa shape index (κ2) is 9.41. The largest absolute Gasteiger partial charge is 0.463 e. The highest BCUT2D eigenvalue weighted by atomic mass is 16.5. The van der Waals surface area contributed by atoms with Crippen LogP contribution in [0.4, 0.5) is 10.5 Å². The molecule has 2 rings (SSSR count). The number of ether oxygens (including phenoxy) is 1. The van der Waals surface area contributed by atoms with Crippen molar-refractivity contribution in [3.05, 3.63) is 41.1 Å². The number of rotatable bonds is 8. The molecule has 7 nitrogen and oxygen atoms in total. The standard InChI is InChI=1S/C20H30N4O3/c1-6-24(12-15-8-10-16(11-9-15)23(4)5)13-17-18(19(25)27-7-2)14(3)21-20(26)22-17/h8-11,14H,6-7,12-13H2,1-5H3,(H2,21,22,26)/t14-/m1/s1. The van der Waals surface area contributed by atoms with Crippen LogP contribution in [-0.2, 0) is 16.1 Å². The fraction of sp³-hybridized carbons (Fsp3) is 0.500. The maximum atomic E-state index is 12.4. The molecule has 2 N–H and O–H groups in total. The molecule has 0 unspecified atom stereocenters. The summed E-state index contributed by atoms with van der Waals surface area (Å²) >= 11 is 0. The summed E-state index contributed by atoms with van der Waals surface area (Å²) in [6, 6.07) is 7.69. The molecule has 1 heterocycles. The molecule has 1 aromatic rings. The van der Waals surface area contributed by atoms with Crippen molar-refractivity contribution in [3.8, 4) is 0 Å². The molecule has 0 spiro atoms. The van der Waals surface area contributed by atoms with Crippen LogP contribution < -0.4 is 15.5 Å². The number of carbonyl (C=O) groups is 2. The van der Waals surface area contributed by atoms with Crippen molar-refractivity contribution in [2.45, 2.75) is 33.4 Å². The smallest absolute Gasteiger partial charge is 0.337 e. The fourth-order valence-electron chi connectivity index (χ4n) is 3.06. The molecule has 7 heteroatoms.